The lowest BCUT2D eigenvalue weighted by Crippen LogP contribution is -2.26. The number of fused-ring (bicyclic) bond motifs is 1. The minimum Gasteiger partial charge on any atom is -0.371 e. The first-order valence-corrected chi connectivity index (χ1v) is 8.99. The van der Waals surface area contributed by atoms with Crippen LogP contribution in [-0.4, -0.2) is 34.4 Å². The van der Waals surface area contributed by atoms with Gasteiger partial charge in [0.25, 0.3) is 0 Å². The number of nitrogens with one attached hydrogen (secondary N) is 1. The highest BCUT2D eigenvalue weighted by Gasteiger charge is 2.22. The quantitative estimate of drug-likeness (QED) is 0.779. The second-order valence-corrected chi connectivity index (χ2v) is 6.99. The van der Waals surface area contributed by atoms with Gasteiger partial charge in [-0.2, -0.15) is 5.10 Å². The lowest BCUT2D eigenvalue weighted by atomic mass is 10.1. The van der Waals surface area contributed by atoms with Gasteiger partial charge in [-0.15, -0.1) is 0 Å². The number of rotatable bonds is 5. The molecule has 4 rings (SSSR count). The maximum absolute atomic E-state index is 4.56. The van der Waals surface area contributed by atoms with Gasteiger partial charge in [0.05, 0.1) is 5.69 Å². The lowest BCUT2D eigenvalue weighted by Gasteiger charge is -2.18. The normalized spacial score (nSPS) is 17.5. The molecule has 1 aliphatic heterocycles. The zero-order valence-corrected chi connectivity index (χ0v) is 14.9. The third kappa shape index (κ3) is 3.37. The molecule has 0 bridgehead atoms. The number of benzene rings is 1. The van der Waals surface area contributed by atoms with Crippen molar-refractivity contribution >= 4 is 16.7 Å². The molecule has 1 N–H and O–H groups in total. The Morgan fingerprint density at radius 2 is 2.08 bits per heavy atom. The van der Waals surface area contributed by atoms with Gasteiger partial charge in [-0.1, -0.05) is 18.2 Å². The predicted molar refractivity (Wildman–Crippen MR) is 102 cm³/mol. The molecule has 1 fully saturated rings. The van der Waals surface area contributed by atoms with Crippen LogP contribution in [0.25, 0.3) is 11.0 Å². The summed E-state index contributed by atoms with van der Waals surface area (Å²) in [5.74, 6) is 0.706. The fourth-order valence-electron chi connectivity index (χ4n) is 3.74. The fraction of sp³-hybridized carbons (Fsp3) is 0.400. The van der Waals surface area contributed by atoms with Crippen molar-refractivity contribution < 1.29 is 0 Å². The average molecular weight is 335 g/mol. The highest BCUT2D eigenvalue weighted by molar-refractivity contribution is 5.78. The summed E-state index contributed by atoms with van der Waals surface area (Å²) in [6, 6.07) is 12.9. The molecule has 2 aromatic heterocycles. The van der Waals surface area contributed by atoms with Crippen LogP contribution in [0.1, 0.15) is 17.7 Å². The molecule has 1 aliphatic rings. The van der Waals surface area contributed by atoms with Crippen molar-refractivity contribution in [3.8, 4) is 0 Å². The van der Waals surface area contributed by atoms with Gasteiger partial charge in [-0.05, 0) is 43.0 Å². The highest BCUT2D eigenvalue weighted by atomic mass is 15.3. The van der Waals surface area contributed by atoms with E-state index >= 15 is 0 Å². The maximum Gasteiger partial charge on any atom is 0.157 e. The second-order valence-electron chi connectivity index (χ2n) is 6.99. The maximum atomic E-state index is 4.56. The Balaban J connectivity index is 1.32. The van der Waals surface area contributed by atoms with E-state index in [-0.39, 0.29) is 0 Å². The van der Waals surface area contributed by atoms with Crippen molar-refractivity contribution in [2.75, 3.05) is 24.5 Å². The van der Waals surface area contributed by atoms with E-state index in [9.17, 15) is 0 Å². The van der Waals surface area contributed by atoms with Crippen LogP contribution in [0, 0.1) is 12.8 Å². The number of nitrogens with zero attached hydrogens (tertiary/aromatic N) is 4. The molecule has 0 spiro atoms. The molecule has 1 atom stereocenters. The van der Waals surface area contributed by atoms with Crippen molar-refractivity contribution in [1.29, 1.82) is 0 Å². The van der Waals surface area contributed by atoms with E-state index in [4.69, 9.17) is 0 Å². The molecule has 3 aromatic rings. The summed E-state index contributed by atoms with van der Waals surface area (Å²) in [6.07, 6.45) is 3.21. The van der Waals surface area contributed by atoms with Crippen LogP contribution in [0.15, 0.2) is 42.6 Å². The number of hydrogen-bond donors (Lipinski definition) is 1. The van der Waals surface area contributed by atoms with Crippen LogP contribution < -0.4 is 10.2 Å². The third-order valence-corrected chi connectivity index (χ3v) is 5.09. The lowest BCUT2D eigenvalue weighted by molar-refractivity contribution is 0.516. The van der Waals surface area contributed by atoms with E-state index in [0.717, 1.165) is 42.9 Å². The predicted octanol–water partition coefficient (Wildman–Crippen LogP) is 2.89. The van der Waals surface area contributed by atoms with E-state index < -0.39 is 0 Å². The minimum atomic E-state index is 0.706. The Morgan fingerprint density at radius 3 is 2.92 bits per heavy atom. The van der Waals surface area contributed by atoms with E-state index in [0.29, 0.717) is 5.92 Å². The molecule has 0 unspecified atom stereocenters. The first kappa shape index (κ1) is 16.1. The number of hydrogen-bond acceptors (Lipinski definition) is 4. The standard InChI is InChI=1S/C20H25N5/c1-15-19-10-17(13-22-20(19)24(2)23-15)12-21-11-16-8-9-25(14-16)18-6-4-3-5-7-18/h3-7,10,13,16,21H,8-9,11-12,14H2,1-2H3/t16-/m1/s1. The molecular weight excluding hydrogens is 310 g/mol. The molecule has 130 valence electrons. The van der Waals surface area contributed by atoms with Gasteiger partial charge in [0.15, 0.2) is 5.65 Å². The Bertz CT molecular complexity index is 855. The van der Waals surface area contributed by atoms with Crippen molar-refractivity contribution in [3.63, 3.8) is 0 Å². The minimum absolute atomic E-state index is 0.706. The largest absolute Gasteiger partial charge is 0.371 e. The van der Waals surface area contributed by atoms with Gasteiger partial charge < -0.3 is 10.2 Å². The van der Waals surface area contributed by atoms with Crippen molar-refractivity contribution in [2.24, 2.45) is 13.0 Å². The Labute approximate surface area is 148 Å². The van der Waals surface area contributed by atoms with E-state index in [2.05, 4.69) is 56.7 Å². The van der Waals surface area contributed by atoms with Crippen molar-refractivity contribution in [3.05, 3.63) is 53.9 Å². The highest BCUT2D eigenvalue weighted by Crippen LogP contribution is 2.23. The number of anilines is 1. The summed E-state index contributed by atoms with van der Waals surface area (Å²) in [7, 11) is 1.94. The molecule has 3 heterocycles. The van der Waals surface area contributed by atoms with Crippen LogP contribution >= 0.6 is 0 Å². The topological polar surface area (TPSA) is 46.0 Å². The van der Waals surface area contributed by atoms with Gasteiger partial charge in [0.2, 0.25) is 0 Å². The summed E-state index contributed by atoms with van der Waals surface area (Å²) < 4.78 is 1.85. The van der Waals surface area contributed by atoms with Crippen LogP contribution in [0.4, 0.5) is 5.69 Å². The molecule has 5 nitrogen and oxygen atoms in total. The summed E-state index contributed by atoms with van der Waals surface area (Å²) >= 11 is 0. The summed E-state index contributed by atoms with van der Waals surface area (Å²) in [6.45, 7) is 6.24. The van der Waals surface area contributed by atoms with Gasteiger partial charge in [0.1, 0.15) is 0 Å². The number of para-hydroxylation sites is 1. The van der Waals surface area contributed by atoms with Crippen molar-refractivity contribution in [2.45, 2.75) is 19.9 Å². The van der Waals surface area contributed by atoms with E-state index in [1.807, 2.05) is 24.9 Å². The molecule has 25 heavy (non-hydrogen) atoms. The van der Waals surface area contributed by atoms with Crippen LogP contribution in [0.3, 0.4) is 0 Å². The zero-order valence-electron chi connectivity index (χ0n) is 14.9. The summed E-state index contributed by atoms with van der Waals surface area (Å²) in [4.78, 5) is 7.04. The molecule has 5 heteroatoms. The Morgan fingerprint density at radius 1 is 1.24 bits per heavy atom. The summed E-state index contributed by atoms with van der Waals surface area (Å²) in [5, 5.41) is 9.20. The smallest absolute Gasteiger partial charge is 0.157 e. The Kier molecular flexibility index (Phi) is 4.40. The molecule has 0 radical (unpaired) electrons. The Hall–Kier alpha value is -2.40. The van der Waals surface area contributed by atoms with Crippen LogP contribution in [0.5, 0.6) is 0 Å². The van der Waals surface area contributed by atoms with Gasteiger partial charge in [-0.25, -0.2) is 4.98 Å². The third-order valence-electron chi connectivity index (χ3n) is 5.09. The number of aromatic nitrogens is 3. The second kappa shape index (κ2) is 6.84. The average Bonchev–Trinajstić information content (AvgIpc) is 3.21. The molecule has 0 saturated carbocycles. The molecule has 1 saturated heterocycles. The van der Waals surface area contributed by atoms with E-state index in [1.165, 1.54) is 17.7 Å². The number of aryl methyl sites for hydroxylation is 2. The van der Waals surface area contributed by atoms with Crippen LogP contribution in [-0.2, 0) is 13.6 Å². The number of pyridine rings is 1. The molecule has 0 aliphatic carbocycles. The molecule has 0 amide bonds. The summed E-state index contributed by atoms with van der Waals surface area (Å²) in [5.41, 5.74) is 4.56. The zero-order chi connectivity index (χ0) is 17.2. The first-order chi connectivity index (χ1) is 12.2. The van der Waals surface area contributed by atoms with E-state index in [1.54, 1.807) is 0 Å². The molecular formula is C20H25N5. The van der Waals surface area contributed by atoms with Crippen molar-refractivity contribution in [1.82, 2.24) is 20.1 Å². The van der Waals surface area contributed by atoms with Crippen LogP contribution in [0.2, 0.25) is 0 Å². The monoisotopic (exact) mass is 335 g/mol. The fourth-order valence-corrected chi connectivity index (χ4v) is 3.74. The van der Waals surface area contributed by atoms with Gasteiger partial charge in [-0.3, -0.25) is 4.68 Å². The van der Waals surface area contributed by atoms with Gasteiger partial charge in [0, 0.05) is 50.5 Å². The molecule has 1 aromatic carbocycles. The first-order valence-electron chi connectivity index (χ1n) is 8.99. The SMILES string of the molecule is Cc1nn(C)c2ncc(CNC[C@H]3CCN(c4ccccc4)C3)cc12. The van der Waals surface area contributed by atoms with Gasteiger partial charge >= 0.3 is 0 Å².